The third-order valence-corrected chi connectivity index (χ3v) is 3.22. The molecule has 0 bridgehead atoms. The molecule has 2 atom stereocenters. The van der Waals surface area contributed by atoms with Gasteiger partial charge in [-0.25, -0.2) is 0 Å². The van der Waals surface area contributed by atoms with Crippen molar-refractivity contribution >= 4 is 11.5 Å². The second kappa shape index (κ2) is 4.25. The Kier molecular flexibility index (Phi) is 2.60. The molecular weight excluding hydrogens is 218 g/mol. The van der Waals surface area contributed by atoms with Gasteiger partial charge in [-0.3, -0.25) is 0 Å². The van der Waals surface area contributed by atoms with Crippen LogP contribution in [0.25, 0.3) is 5.65 Å². The first-order chi connectivity index (χ1) is 8.33. The minimum Gasteiger partial charge on any atom is -0.364 e. The van der Waals surface area contributed by atoms with Gasteiger partial charge < -0.3 is 11.1 Å². The molecule has 17 heavy (non-hydrogen) atoms. The fourth-order valence-electron chi connectivity index (χ4n) is 2.26. The molecule has 0 aromatic carbocycles. The summed E-state index contributed by atoms with van der Waals surface area (Å²) in [7, 11) is 0. The van der Waals surface area contributed by atoms with Crippen molar-refractivity contribution in [2.24, 2.45) is 5.73 Å². The van der Waals surface area contributed by atoms with Crippen LogP contribution in [0.2, 0.25) is 0 Å². The van der Waals surface area contributed by atoms with Crippen LogP contribution in [0.1, 0.15) is 25.7 Å². The van der Waals surface area contributed by atoms with Gasteiger partial charge in [0.25, 0.3) is 0 Å². The molecular formula is C10H15N7. The Hall–Kier alpha value is -1.76. The van der Waals surface area contributed by atoms with Gasteiger partial charge in [0.05, 0.1) is 0 Å². The monoisotopic (exact) mass is 233 g/mol. The van der Waals surface area contributed by atoms with Crippen molar-refractivity contribution in [3.05, 3.63) is 12.1 Å². The smallest absolute Gasteiger partial charge is 0.200 e. The van der Waals surface area contributed by atoms with Crippen molar-refractivity contribution in [3.8, 4) is 0 Å². The van der Waals surface area contributed by atoms with Crippen molar-refractivity contribution in [3.63, 3.8) is 0 Å². The van der Waals surface area contributed by atoms with Crippen molar-refractivity contribution in [2.75, 3.05) is 5.32 Å². The summed E-state index contributed by atoms with van der Waals surface area (Å²) in [6.07, 6.45) is 4.61. The number of hydrogen-bond donors (Lipinski definition) is 2. The summed E-state index contributed by atoms with van der Waals surface area (Å²) in [5.41, 5.74) is 6.72. The predicted octanol–water partition coefficient (Wildman–Crippen LogP) is 0.201. The first-order valence-corrected chi connectivity index (χ1v) is 5.90. The topological polar surface area (TPSA) is 94.0 Å². The van der Waals surface area contributed by atoms with Gasteiger partial charge in [0, 0.05) is 12.1 Å². The van der Waals surface area contributed by atoms with E-state index in [9.17, 15) is 0 Å². The van der Waals surface area contributed by atoms with Crippen LogP contribution in [0.3, 0.4) is 0 Å². The number of hydrogen-bond acceptors (Lipinski definition) is 6. The van der Waals surface area contributed by atoms with Crippen molar-refractivity contribution in [2.45, 2.75) is 37.8 Å². The number of anilines is 1. The van der Waals surface area contributed by atoms with Gasteiger partial charge in [0.1, 0.15) is 5.82 Å². The lowest BCUT2D eigenvalue weighted by Gasteiger charge is -2.29. The van der Waals surface area contributed by atoms with Crippen LogP contribution in [0.5, 0.6) is 0 Å². The Morgan fingerprint density at radius 2 is 2.18 bits per heavy atom. The zero-order valence-electron chi connectivity index (χ0n) is 9.45. The third kappa shape index (κ3) is 2.05. The summed E-state index contributed by atoms with van der Waals surface area (Å²) in [6.45, 7) is 0. The molecule has 0 aliphatic heterocycles. The number of aromatic nitrogens is 5. The van der Waals surface area contributed by atoms with Gasteiger partial charge in [0.2, 0.25) is 0 Å². The van der Waals surface area contributed by atoms with Gasteiger partial charge in [-0.1, -0.05) is 12.8 Å². The molecule has 0 radical (unpaired) electrons. The zero-order valence-corrected chi connectivity index (χ0v) is 9.45. The van der Waals surface area contributed by atoms with Crippen LogP contribution in [-0.4, -0.2) is 37.3 Å². The fraction of sp³-hybridized carbons (Fsp3) is 0.600. The van der Waals surface area contributed by atoms with E-state index in [1.165, 1.54) is 17.5 Å². The normalized spacial score (nSPS) is 25.0. The van der Waals surface area contributed by atoms with E-state index < -0.39 is 0 Å². The van der Waals surface area contributed by atoms with E-state index >= 15 is 0 Å². The van der Waals surface area contributed by atoms with E-state index in [0.717, 1.165) is 18.7 Å². The minimum absolute atomic E-state index is 0.204. The molecule has 1 aliphatic rings. The maximum atomic E-state index is 6.08. The first kappa shape index (κ1) is 10.4. The standard InChI is InChI=1S/C10H15N7/c11-7-3-1-2-4-8(7)12-9-5-6-10-13-15-16-17(10)14-9/h5-8H,1-4,11H2,(H,12,14). The average Bonchev–Trinajstić information content (AvgIpc) is 2.79. The molecule has 3 N–H and O–H groups in total. The molecule has 2 aromatic rings. The number of rotatable bonds is 2. The molecule has 2 heterocycles. The minimum atomic E-state index is 0.204. The molecule has 7 heteroatoms. The summed E-state index contributed by atoms with van der Waals surface area (Å²) in [4.78, 5) is 0. The number of tetrazole rings is 1. The largest absolute Gasteiger partial charge is 0.364 e. The molecule has 3 rings (SSSR count). The molecule has 7 nitrogen and oxygen atoms in total. The SMILES string of the molecule is NC1CCCCC1Nc1ccc2nnnn2n1. The molecule has 90 valence electrons. The second-order valence-corrected chi connectivity index (χ2v) is 4.44. The molecule has 1 fully saturated rings. The Morgan fingerprint density at radius 1 is 1.29 bits per heavy atom. The fourth-order valence-corrected chi connectivity index (χ4v) is 2.26. The predicted molar refractivity (Wildman–Crippen MR) is 62.4 cm³/mol. The van der Waals surface area contributed by atoms with Crippen molar-refractivity contribution < 1.29 is 0 Å². The molecule has 0 saturated heterocycles. The van der Waals surface area contributed by atoms with Crippen LogP contribution in [0.15, 0.2) is 12.1 Å². The van der Waals surface area contributed by atoms with Gasteiger partial charge in [-0.2, -0.15) is 0 Å². The highest BCUT2D eigenvalue weighted by atomic mass is 15.6. The van der Waals surface area contributed by atoms with Crippen LogP contribution < -0.4 is 11.1 Å². The molecule has 1 saturated carbocycles. The average molecular weight is 233 g/mol. The molecule has 0 spiro atoms. The lowest BCUT2D eigenvalue weighted by Crippen LogP contribution is -2.42. The number of nitrogens with zero attached hydrogens (tertiary/aromatic N) is 5. The summed E-state index contributed by atoms with van der Waals surface area (Å²) < 4.78 is 1.41. The summed E-state index contributed by atoms with van der Waals surface area (Å²) in [5.74, 6) is 0.771. The number of nitrogens with two attached hydrogens (primary N) is 1. The van der Waals surface area contributed by atoms with Crippen molar-refractivity contribution in [1.29, 1.82) is 0 Å². The van der Waals surface area contributed by atoms with Gasteiger partial charge >= 0.3 is 0 Å². The maximum Gasteiger partial charge on any atom is 0.200 e. The Morgan fingerprint density at radius 3 is 3.06 bits per heavy atom. The number of nitrogens with one attached hydrogen (secondary N) is 1. The highest BCUT2D eigenvalue weighted by molar-refractivity contribution is 5.42. The van der Waals surface area contributed by atoms with Crippen molar-refractivity contribution in [1.82, 2.24) is 25.3 Å². The molecule has 2 aromatic heterocycles. The summed E-state index contributed by atoms with van der Waals surface area (Å²) >= 11 is 0. The molecule has 0 amide bonds. The highest BCUT2D eigenvalue weighted by Crippen LogP contribution is 2.20. The lowest BCUT2D eigenvalue weighted by molar-refractivity contribution is 0.403. The first-order valence-electron chi connectivity index (χ1n) is 5.90. The van der Waals surface area contributed by atoms with Crippen LogP contribution >= 0.6 is 0 Å². The molecule has 1 aliphatic carbocycles. The maximum absolute atomic E-state index is 6.08. The Bertz CT molecular complexity index is 508. The van der Waals surface area contributed by atoms with E-state index in [-0.39, 0.29) is 6.04 Å². The van der Waals surface area contributed by atoms with Crippen LogP contribution in [0, 0.1) is 0 Å². The Labute approximate surface area is 98.4 Å². The van der Waals surface area contributed by atoms with E-state index in [4.69, 9.17) is 5.73 Å². The zero-order chi connectivity index (χ0) is 11.7. The highest BCUT2D eigenvalue weighted by Gasteiger charge is 2.21. The quantitative estimate of drug-likeness (QED) is 0.769. The van der Waals surface area contributed by atoms with Crippen LogP contribution in [-0.2, 0) is 0 Å². The van der Waals surface area contributed by atoms with Crippen LogP contribution in [0.4, 0.5) is 5.82 Å². The third-order valence-electron chi connectivity index (χ3n) is 3.22. The summed E-state index contributed by atoms with van der Waals surface area (Å²) in [6, 6.07) is 4.22. The Balaban J connectivity index is 1.79. The van der Waals surface area contributed by atoms with Gasteiger partial charge in [-0.15, -0.1) is 14.8 Å². The summed E-state index contributed by atoms with van der Waals surface area (Å²) in [5, 5.41) is 18.8. The van der Waals surface area contributed by atoms with E-state index in [1.807, 2.05) is 12.1 Å². The second-order valence-electron chi connectivity index (χ2n) is 4.44. The van der Waals surface area contributed by atoms with E-state index in [2.05, 4.69) is 25.9 Å². The van der Waals surface area contributed by atoms with Gasteiger partial charge in [0.15, 0.2) is 5.65 Å². The molecule has 2 unspecified atom stereocenters. The van der Waals surface area contributed by atoms with Gasteiger partial charge in [-0.05, 0) is 35.4 Å². The number of fused-ring (bicyclic) bond motifs is 1. The van der Waals surface area contributed by atoms with E-state index in [0.29, 0.717) is 11.7 Å². The lowest BCUT2D eigenvalue weighted by atomic mass is 9.91. The van der Waals surface area contributed by atoms with E-state index in [1.54, 1.807) is 0 Å².